The third-order valence-corrected chi connectivity index (χ3v) is 3.99. The zero-order valence-electron chi connectivity index (χ0n) is 9.49. The number of hydrogen-bond acceptors (Lipinski definition) is 3. The Morgan fingerprint density at radius 1 is 1.44 bits per heavy atom. The van der Waals surface area contributed by atoms with Crippen molar-refractivity contribution in [2.45, 2.75) is 10.9 Å². The van der Waals surface area contributed by atoms with Gasteiger partial charge in [-0.15, -0.1) is 11.6 Å². The summed E-state index contributed by atoms with van der Waals surface area (Å²) in [5.41, 5.74) is 0. The number of methoxy groups -OCH3 is 1. The summed E-state index contributed by atoms with van der Waals surface area (Å²) >= 11 is 5.54. The zero-order chi connectivity index (χ0) is 13.8. The predicted molar refractivity (Wildman–Crippen MR) is 63.1 cm³/mol. The van der Waals surface area contributed by atoms with E-state index in [1.54, 1.807) is 0 Å². The first-order chi connectivity index (χ1) is 8.40. The average Bonchev–Trinajstić information content (AvgIpc) is 2.27. The van der Waals surface area contributed by atoms with Gasteiger partial charge in [0, 0.05) is 19.1 Å². The van der Waals surface area contributed by atoms with Crippen molar-refractivity contribution in [3.05, 3.63) is 29.8 Å². The summed E-state index contributed by atoms with van der Waals surface area (Å²) in [6.45, 7) is 0.0472. The summed E-state index contributed by atoms with van der Waals surface area (Å²) < 4.78 is 56.6. The van der Waals surface area contributed by atoms with Crippen LogP contribution in [0.15, 0.2) is 23.1 Å². The Morgan fingerprint density at radius 3 is 2.61 bits per heavy atom. The van der Waals surface area contributed by atoms with Gasteiger partial charge in [-0.3, -0.25) is 0 Å². The van der Waals surface area contributed by atoms with Crippen LogP contribution in [0.4, 0.5) is 8.78 Å². The molecule has 18 heavy (non-hydrogen) atoms. The molecule has 1 atom stereocenters. The number of nitrogens with one attached hydrogen (secondary N) is 1. The zero-order valence-corrected chi connectivity index (χ0v) is 11.1. The van der Waals surface area contributed by atoms with Gasteiger partial charge in [-0.2, -0.15) is 0 Å². The molecule has 0 bridgehead atoms. The van der Waals surface area contributed by atoms with Crippen molar-refractivity contribution in [3.63, 3.8) is 0 Å². The van der Waals surface area contributed by atoms with E-state index in [4.69, 9.17) is 16.3 Å². The van der Waals surface area contributed by atoms with Crippen LogP contribution in [0, 0.1) is 11.6 Å². The van der Waals surface area contributed by atoms with Crippen LogP contribution >= 0.6 is 11.6 Å². The van der Waals surface area contributed by atoms with Gasteiger partial charge in [-0.25, -0.2) is 21.9 Å². The summed E-state index contributed by atoms with van der Waals surface area (Å²) in [5, 5.41) is 0. The lowest BCUT2D eigenvalue weighted by atomic mass is 10.3. The van der Waals surface area contributed by atoms with Crippen molar-refractivity contribution < 1.29 is 21.9 Å². The molecule has 0 aliphatic rings. The van der Waals surface area contributed by atoms with Crippen LogP contribution in [0.3, 0.4) is 0 Å². The Kier molecular flexibility index (Phi) is 5.46. The van der Waals surface area contributed by atoms with E-state index >= 15 is 0 Å². The van der Waals surface area contributed by atoms with Crippen LogP contribution in [0.2, 0.25) is 0 Å². The molecule has 0 aliphatic heterocycles. The van der Waals surface area contributed by atoms with Gasteiger partial charge in [-0.1, -0.05) is 0 Å². The lowest BCUT2D eigenvalue weighted by molar-refractivity contribution is 0.181. The second-order valence-electron chi connectivity index (χ2n) is 3.50. The number of hydrogen-bond donors (Lipinski definition) is 1. The quantitative estimate of drug-likeness (QED) is 0.810. The van der Waals surface area contributed by atoms with Crippen molar-refractivity contribution in [1.82, 2.24) is 4.72 Å². The Morgan fingerprint density at radius 2 is 2.11 bits per heavy atom. The number of rotatable bonds is 6. The molecule has 0 aromatic heterocycles. The fourth-order valence-electron chi connectivity index (χ4n) is 1.29. The van der Waals surface area contributed by atoms with E-state index in [-0.39, 0.29) is 12.5 Å². The Labute approximate surface area is 109 Å². The van der Waals surface area contributed by atoms with E-state index in [0.717, 1.165) is 12.1 Å². The monoisotopic (exact) mass is 299 g/mol. The lowest BCUT2D eigenvalue weighted by Crippen LogP contribution is -2.39. The van der Waals surface area contributed by atoms with Gasteiger partial charge in [-0.05, 0) is 12.1 Å². The Bertz CT molecular complexity index is 510. The van der Waals surface area contributed by atoms with Gasteiger partial charge in [0.25, 0.3) is 0 Å². The molecule has 4 nitrogen and oxygen atoms in total. The van der Waals surface area contributed by atoms with Crippen molar-refractivity contribution in [3.8, 4) is 0 Å². The fraction of sp³-hybridized carbons (Fsp3) is 0.400. The molecular weight excluding hydrogens is 288 g/mol. The molecule has 1 aromatic rings. The van der Waals surface area contributed by atoms with Gasteiger partial charge in [0.05, 0.1) is 12.6 Å². The Hall–Kier alpha value is -0.760. The van der Waals surface area contributed by atoms with Crippen LogP contribution in [0.1, 0.15) is 0 Å². The van der Waals surface area contributed by atoms with Crippen molar-refractivity contribution >= 4 is 21.6 Å². The average molecular weight is 300 g/mol. The highest BCUT2D eigenvalue weighted by atomic mass is 35.5. The van der Waals surface area contributed by atoms with Crippen LogP contribution in [-0.4, -0.2) is 34.1 Å². The summed E-state index contributed by atoms with van der Waals surface area (Å²) in [4.78, 5) is -0.630. The number of sulfonamides is 1. The highest BCUT2D eigenvalue weighted by Crippen LogP contribution is 2.15. The SMILES string of the molecule is COCC(CCl)NS(=O)(=O)c1ccc(F)cc1F. The minimum absolute atomic E-state index is 0.0319. The number of ether oxygens (including phenoxy) is 1. The third-order valence-electron chi connectivity index (χ3n) is 2.06. The first kappa shape index (κ1) is 15.3. The standard InChI is InChI=1S/C10H12ClF2NO3S/c1-17-6-8(5-11)14-18(15,16)10-3-2-7(12)4-9(10)13/h2-4,8,14H,5-6H2,1H3. The van der Waals surface area contributed by atoms with Crippen molar-refractivity contribution in [1.29, 1.82) is 0 Å². The second-order valence-corrected chi connectivity index (χ2v) is 5.49. The van der Waals surface area contributed by atoms with E-state index in [0.29, 0.717) is 6.07 Å². The fourth-order valence-corrected chi connectivity index (χ4v) is 2.83. The maximum absolute atomic E-state index is 13.4. The van der Waals surface area contributed by atoms with E-state index in [1.807, 2.05) is 0 Å². The highest BCUT2D eigenvalue weighted by Gasteiger charge is 2.23. The summed E-state index contributed by atoms with van der Waals surface area (Å²) in [5.74, 6) is -2.04. The number of halogens is 3. The van der Waals surface area contributed by atoms with Gasteiger partial charge in [0.1, 0.15) is 16.5 Å². The minimum Gasteiger partial charge on any atom is -0.383 e. The molecule has 0 amide bonds. The topological polar surface area (TPSA) is 55.4 Å². The van der Waals surface area contributed by atoms with Gasteiger partial charge in [0.15, 0.2) is 0 Å². The van der Waals surface area contributed by atoms with Gasteiger partial charge in [0.2, 0.25) is 10.0 Å². The molecule has 0 saturated carbocycles. The molecule has 0 aliphatic carbocycles. The molecule has 1 unspecified atom stereocenters. The molecule has 0 heterocycles. The number of benzene rings is 1. The highest BCUT2D eigenvalue weighted by molar-refractivity contribution is 7.89. The molecule has 1 aromatic carbocycles. The molecule has 0 radical (unpaired) electrons. The minimum atomic E-state index is -4.10. The van der Waals surface area contributed by atoms with Crippen LogP contribution in [0.5, 0.6) is 0 Å². The normalized spacial score (nSPS) is 13.6. The van der Waals surface area contributed by atoms with Crippen LogP contribution in [-0.2, 0) is 14.8 Å². The predicted octanol–water partition coefficient (Wildman–Crippen LogP) is 1.50. The van der Waals surface area contributed by atoms with Crippen LogP contribution < -0.4 is 4.72 Å². The smallest absolute Gasteiger partial charge is 0.243 e. The molecule has 0 spiro atoms. The summed E-state index contributed by atoms with van der Waals surface area (Å²) in [6.07, 6.45) is 0. The lowest BCUT2D eigenvalue weighted by Gasteiger charge is -2.15. The van der Waals surface area contributed by atoms with Crippen molar-refractivity contribution in [2.24, 2.45) is 0 Å². The van der Waals surface area contributed by atoms with E-state index in [2.05, 4.69) is 4.72 Å². The Balaban J connectivity index is 2.99. The van der Waals surface area contributed by atoms with Gasteiger partial charge < -0.3 is 4.74 Å². The third kappa shape index (κ3) is 3.88. The maximum Gasteiger partial charge on any atom is 0.243 e. The molecule has 0 saturated heterocycles. The summed E-state index contributed by atoms with van der Waals surface area (Å²) in [6, 6.07) is 1.53. The van der Waals surface area contributed by atoms with E-state index in [9.17, 15) is 17.2 Å². The summed E-state index contributed by atoms with van der Waals surface area (Å²) in [7, 11) is -2.72. The largest absolute Gasteiger partial charge is 0.383 e. The van der Waals surface area contributed by atoms with Crippen LogP contribution in [0.25, 0.3) is 0 Å². The molecule has 8 heteroatoms. The first-order valence-electron chi connectivity index (χ1n) is 4.93. The van der Waals surface area contributed by atoms with Gasteiger partial charge >= 0.3 is 0 Å². The molecule has 102 valence electrons. The molecule has 1 rings (SSSR count). The second kappa shape index (κ2) is 6.42. The molecule has 1 N–H and O–H groups in total. The van der Waals surface area contributed by atoms with E-state index < -0.39 is 32.6 Å². The molecular formula is C10H12ClF2NO3S. The van der Waals surface area contributed by atoms with E-state index in [1.165, 1.54) is 7.11 Å². The maximum atomic E-state index is 13.4. The number of alkyl halides is 1. The van der Waals surface area contributed by atoms with Crippen molar-refractivity contribution in [2.75, 3.05) is 19.6 Å². The first-order valence-corrected chi connectivity index (χ1v) is 6.94. The molecule has 0 fully saturated rings.